The second kappa shape index (κ2) is 10.0. The minimum atomic E-state index is -0.100. The Balaban J connectivity index is 1.06. The molecule has 2 bridgehead atoms. The van der Waals surface area contributed by atoms with E-state index < -0.39 is 0 Å². The van der Waals surface area contributed by atoms with Crippen LogP contribution in [-0.2, 0) is 16.1 Å². The SMILES string of the molecule is CC(=O)N(C)c1cnn(C(=O)N2C[C@H]3CC(N(C)Cc4cc(C)cc(N5C6CCC5COC6)c4)C[C@H]3C2)c1. The Morgan fingerprint density at radius 3 is 2.39 bits per heavy atom. The maximum atomic E-state index is 13.1. The summed E-state index contributed by atoms with van der Waals surface area (Å²) in [5.41, 5.74) is 4.70. The van der Waals surface area contributed by atoms with Gasteiger partial charge in [-0.05, 0) is 74.8 Å². The van der Waals surface area contributed by atoms with E-state index >= 15 is 0 Å². The van der Waals surface area contributed by atoms with Crippen molar-refractivity contribution in [2.45, 2.75) is 64.2 Å². The number of nitrogens with zero attached hydrogens (tertiary/aromatic N) is 6. The number of anilines is 2. The molecule has 4 fully saturated rings. The zero-order valence-corrected chi connectivity index (χ0v) is 23.0. The maximum absolute atomic E-state index is 13.1. The van der Waals surface area contributed by atoms with Gasteiger partial charge in [0.25, 0.3) is 0 Å². The van der Waals surface area contributed by atoms with Crippen LogP contribution in [0.5, 0.6) is 0 Å². The number of carbonyl (C=O) groups excluding carboxylic acids is 2. The van der Waals surface area contributed by atoms with E-state index in [4.69, 9.17) is 4.74 Å². The molecule has 4 heterocycles. The summed E-state index contributed by atoms with van der Waals surface area (Å²) < 4.78 is 7.18. The number of aryl methyl sites for hydroxylation is 1. The molecule has 6 rings (SSSR count). The maximum Gasteiger partial charge on any atom is 0.344 e. The molecule has 3 saturated heterocycles. The van der Waals surface area contributed by atoms with Crippen LogP contribution in [0.4, 0.5) is 16.2 Å². The first-order valence-electron chi connectivity index (χ1n) is 14.0. The molecular formula is C29H40N6O3. The predicted molar refractivity (Wildman–Crippen MR) is 146 cm³/mol. The highest BCUT2D eigenvalue weighted by Gasteiger charge is 2.44. The molecule has 1 aromatic heterocycles. The smallest absolute Gasteiger partial charge is 0.344 e. The number of morpholine rings is 1. The lowest BCUT2D eigenvalue weighted by Gasteiger charge is -2.37. The lowest BCUT2D eigenvalue weighted by atomic mass is 10.0. The van der Waals surface area contributed by atoms with Crippen molar-refractivity contribution in [2.24, 2.45) is 11.8 Å². The second-order valence-corrected chi connectivity index (χ2v) is 12.0. The number of likely N-dealkylation sites (tertiary alicyclic amines) is 1. The number of fused-ring (bicyclic) bond motifs is 3. The van der Waals surface area contributed by atoms with Crippen molar-refractivity contribution in [1.82, 2.24) is 19.6 Å². The second-order valence-electron chi connectivity index (χ2n) is 12.0. The van der Waals surface area contributed by atoms with E-state index in [9.17, 15) is 9.59 Å². The van der Waals surface area contributed by atoms with Gasteiger partial charge in [-0.3, -0.25) is 9.69 Å². The Morgan fingerprint density at radius 1 is 1.05 bits per heavy atom. The summed E-state index contributed by atoms with van der Waals surface area (Å²) >= 11 is 0. The Morgan fingerprint density at radius 2 is 1.74 bits per heavy atom. The Labute approximate surface area is 225 Å². The summed E-state index contributed by atoms with van der Waals surface area (Å²) in [6.07, 6.45) is 7.92. The van der Waals surface area contributed by atoms with Gasteiger partial charge in [-0.2, -0.15) is 9.78 Å². The Kier molecular flexibility index (Phi) is 6.68. The highest BCUT2D eigenvalue weighted by molar-refractivity contribution is 5.91. The number of rotatable bonds is 5. The first-order chi connectivity index (χ1) is 18.3. The van der Waals surface area contributed by atoms with E-state index in [1.54, 1.807) is 19.4 Å². The van der Waals surface area contributed by atoms with Crippen molar-refractivity contribution in [1.29, 1.82) is 0 Å². The number of benzene rings is 1. The Hall–Kier alpha value is -2.91. The topological polar surface area (TPSA) is 74.2 Å². The highest BCUT2D eigenvalue weighted by atomic mass is 16.5. The summed E-state index contributed by atoms with van der Waals surface area (Å²) in [6, 6.07) is 8.54. The molecule has 38 heavy (non-hydrogen) atoms. The molecule has 4 aliphatic rings. The molecule has 5 atom stereocenters. The third kappa shape index (κ3) is 4.71. The van der Waals surface area contributed by atoms with Gasteiger partial charge in [0.15, 0.2) is 0 Å². The van der Waals surface area contributed by atoms with Crippen LogP contribution in [0.2, 0.25) is 0 Å². The van der Waals surface area contributed by atoms with Crippen LogP contribution >= 0.6 is 0 Å². The van der Waals surface area contributed by atoms with Gasteiger partial charge in [0.1, 0.15) is 0 Å². The molecule has 9 heteroatoms. The highest BCUT2D eigenvalue weighted by Crippen LogP contribution is 2.41. The van der Waals surface area contributed by atoms with E-state index in [-0.39, 0.29) is 11.9 Å². The Bertz CT molecular complexity index is 1180. The van der Waals surface area contributed by atoms with Crippen LogP contribution < -0.4 is 9.80 Å². The van der Waals surface area contributed by atoms with E-state index in [1.165, 1.54) is 46.2 Å². The fraction of sp³-hybridized carbons (Fsp3) is 0.621. The first-order valence-corrected chi connectivity index (χ1v) is 14.0. The van der Waals surface area contributed by atoms with Gasteiger partial charge in [0.05, 0.1) is 43.4 Å². The number of hydrogen-bond donors (Lipinski definition) is 0. The molecule has 204 valence electrons. The predicted octanol–water partition coefficient (Wildman–Crippen LogP) is 3.35. The van der Waals surface area contributed by atoms with E-state index in [1.807, 2.05) is 4.90 Å². The van der Waals surface area contributed by atoms with E-state index in [2.05, 4.69) is 47.1 Å². The van der Waals surface area contributed by atoms with Gasteiger partial charge >= 0.3 is 6.03 Å². The zero-order chi connectivity index (χ0) is 26.6. The molecule has 9 nitrogen and oxygen atoms in total. The number of ether oxygens (including phenoxy) is 1. The van der Waals surface area contributed by atoms with Gasteiger partial charge in [0.2, 0.25) is 5.91 Å². The number of hydrogen-bond acceptors (Lipinski definition) is 6. The molecule has 3 aliphatic heterocycles. The molecular weight excluding hydrogens is 480 g/mol. The van der Waals surface area contributed by atoms with Crippen LogP contribution in [0, 0.1) is 18.8 Å². The van der Waals surface area contributed by atoms with Crippen LogP contribution in [0.3, 0.4) is 0 Å². The molecule has 1 saturated carbocycles. The van der Waals surface area contributed by atoms with E-state index in [0.717, 1.165) is 45.7 Å². The molecule has 1 aromatic carbocycles. The molecule has 0 radical (unpaired) electrons. The fourth-order valence-electron chi connectivity index (χ4n) is 7.25. The van der Waals surface area contributed by atoms with Gasteiger partial charge in [0, 0.05) is 45.3 Å². The summed E-state index contributed by atoms with van der Waals surface area (Å²) in [7, 11) is 3.95. The summed E-state index contributed by atoms with van der Waals surface area (Å²) in [5, 5.41) is 4.22. The van der Waals surface area contributed by atoms with Crippen molar-refractivity contribution < 1.29 is 14.3 Å². The van der Waals surface area contributed by atoms with Crippen molar-refractivity contribution in [2.75, 3.05) is 50.2 Å². The molecule has 0 spiro atoms. The summed E-state index contributed by atoms with van der Waals surface area (Å²) in [4.78, 5) is 33.3. The van der Waals surface area contributed by atoms with Crippen LogP contribution in [0.15, 0.2) is 30.6 Å². The average Bonchev–Trinajstić information content (AvgIpc) is 3.65. The average molecular weight is 521 g/mol. The van der Waals surface area contributed by atoms with Gasteiger partial charge in [-0.25, -0.2) is 4.79 Å². The normalized spacial score (nSPS) is 28.3. The summed E-state index contributed by atoms with van der Waals surface area (Å²) in [5.74, 6) is 0.967. The lowest BCUT2D eigenvalue weighted by molar-refractivity contribution is -0.116. The van der Waals surface area contributed by atoms with Crippen molar-refractivity contribution in [3.63, 3.8) is 0 Å². The third-order valence-electron chi connectivity index (χ3n) is 9.34. The number of carbonyl (C=O) groups is 2. The molecule has 1 aliphatic carbocycles. The fourth-order valence-corrected chi connectivity index (χ4v) is 7.25. The quantitative estimate of drug-likeness (QED) is 0.602. The summed E-state index contributed by atoms with van der Waals surface area (Å²) in [6.45, 7) is 7.91. The molecule has 0 N–H and O–H groups in total. The lowest BCUT2D eigenvalue weighted by Crippen LogP contribution is -2.46. The number of aromatic nitrogens is 2. The van der Waals surface area contributed by atoms with Crippen molar-refractivity contribution in [3.8, 4) is 0 Å². The number of amides is 2. The van der Waals surface area contributed by atoms with Crippen molar-refractivity contribution in [3.05, 3.63) is 41.7 Å². The third-order valence-corrected chi connectivity index (χ3v) is 9.34. The van der Waals surface area contributed by atoms with Crippen LogP contribution in [0.1, 0.15) is 43.7 Å². The minimum absolute atomic E-state index is 0.0852. The standard InChI is InChI=1S/C29H40N6O3/c1-19-7-21(9-27(8-19)35-24-5-6-25(35)18-38-17-24)13-31(3)26-10-22-14-33(15-23(22)11-26)29(37)34-16-28(12-30-34)32(4)20(2)36/h7-9,12,16,22-26H,5-6,10-11,13-15,17-18H2,1-4H3/t22-,23+,24?,25?,26?. The molecule has 3 unspecified atom stereocenters. The van der Waals surface area contributed by atoms with Crippen LogP contribution in [0.25, 0.3) is 0 Å². The molecule has 2 aromatic rings. The zero-order valence-electron chi connectivity index (χ0n) is 23.0. The molecule has 2 amide bonds. The van der Waals surface area contributed by atoms with Gasteiger partial charge in [-0.1, -0.05) is 6.07 Å². The monoisotopic (exact) mass is 520 g/mol. The first kappa shape index (κ1) is 25.4. The van der Waals surface area contributed by atoms with Crippen LogP contribution in [-0.4, -0.2) is 90.0 Å². The van der Waals surface area contributed by atoms with Gasteiger partial charge in [-0.15, -0.1) is 0 Å². The van der Waals surface area contributed by atoms with Gasteiger partial charge < -0.3 is 19.4 Å². The van der Waals surface area contributed by atoms with Crippen molar-refractivity contribution >= 4 is 23.3 Å². The minimum Gasteiger partial charge on any atom is -0.377 e. The van der Waals surface area contributed by atoms with E-state index in [0.29, 0.717) is 35.6 Å². The largest absolute Gasteiger partial charge is 0.377 e.